The Balaban J connectivity index is 3.20. The van der Waals surface area contributed by atoms with Crippen LogP contribution in [0.25, 0.3) is 0 Å². The molecule has 0 aliphatic rings. The van der Waals surface area contributed by atoms with Crippen molar-refractivity contribution in [1.29, 1.82) is 0 Å². The highest BCUT2D eigenvalue weighted by Crippen LogP contribution is 2.47. The molecule has 0 nitrogen and oxygen atoms in total. The second-order valence-electron chi connectivity index (χ2n) is 2.70. The predicted molar refractivity (Wildman–Crippen MR) is 72.2 cm³/mol. The van der Waals surface area contributed by atoms with Gasteiger partial charge in [-0.25, -0.2) is 0 Å². The molecule has 0 spiro atoms. The van der Waals surface area contributed by atoms with Crippen molar-refractivity contribution in [2.24, 2.45) is 0 Å². The number of halogens is 4. The van der Waals surface area contributed by atoms with Crippen LogP contribution in [0.3, 0.4) is 0 Å². The van der Waals surface area contributed by atoms with Crippen molar-refractivity contribution in [3.63, 3.8) is 0 Å². The van der Waals surface area contributed by atoms with Crippen LogP contribution in [0.1, 0.15) is 22.9 Å². The molecule has 0 heterocycles. The minimum absolute atomic E-state index is 0.328. The Morgan fingerprint density at radius 1 is 1.15 bits per heavy atom. The fourth-order valence-electron chi connectivity index (χ4n) is 1.10. The molecule has 0 amide bonds. The van der Waals surface area contributed by atoms with Crippen LogP contribution in [0.15, 0.2) is 24.3 Å². The first-order valence-corrected chi connectivity index (χ1v) is 7.02. The van der Waals surface area contributed by atoms with Crippen LogP contribution >= 0.6 is 63.7 Å². The normalized spacial score (nSPS) is 14.2. The summed E-state index contributed by atoms with van der Waals surface area (Å²) >= 11 is 14.1. The number of hydrogen-bond donors (Lipinski definition) is 0. The summed E-state index contributed by atoms with van der Waals surface area (Å²) < 4.78 is -0.328. The smallest absolute Gasteiger partial charge is 0.0842 e. The molecule has 0 fully saturated rings. The molecule has 4 heteroatoms. The Kier molecular flexibility index (Phi) is 4.48. The highest BCUT2D eigenvalue weighted by molar-refractivity contribution is 9.38. The lowest BCUT2D eigenvalue weighted by molar-refractivity contribution is 1.08. The molecule has 0 radical (unpaired) electrons. The topological polar surface area (TPSA) is 0 Å². The van der Waals surface area contributed by atoms with Gasteiger partial charge < -0.3 is 0 Å². The Hall–Kier alpha value is 1.14. The zero-order valence-electron chi connectivity index (χ0n) is 6.90. The maximum absolute atomic E-state index is 3.56. The summed E-state index contributed by atoms with van der Waals surface area (Å²) in [5, 5.41) is 0. The van der Waals surface area contributed by atoms with Gasteiger partial charge in [-0.05, 0) is 18.1 Å². The van der Waals surface area contributed by atoms with Gasteiger partial charge in [0.1, 0.15) is 0 Å². The van der Waals surface area contributed by atoms with Gasteiger partial charge in [-0.3, -0.25) is 0 Å². The highest BCUT2D eigenvalue weighted by atomic mass is 80.0. The van der Waals surface area contributed by atoms with Crippen molar-refractivity contribution in [1.82, 2.24) is 0 Å². The van der Waals surface area contributed by atoms with Gasteiger partial charge in [-0.1, -0.05) is 88.0 Å². The van der Waals surface area contributed by atoms with Crippen LogP contribution in [0.5, 0.6) is 0 Å². The fraction of sp³-hybridized carbons (Fsp3) is 0.333. The molecule has 13 heavy (non-hydrogen) atoms. The van der Waals surface area contributed by atoms with E-state index in [1.165, 1.54) is 11.1 Å². The third-order valence-electron chi connectivity index (χ3n) is 1.69. The van der Waals surface area contributed by atoms with Gasteiger partial charge in [0.05, 0.1) is 0 Å². The van der Waals surface area contributed by atoms with E-state index in [1.807, 2.05) is 12.1 Å². The van der Waals surface area contributed by atoms with Crippen LogP contribution in [0.2, 0.25) is 0 Å². The Morgan fingerprint density at radius 2 is 1.69 bits per heavy atom. The van der Waals surface area contributed by atoms with Crippen molar-refractivity contribution in [3.05, 3.63) is 35.4 Å². The molecule has 1 rings (SSSR count). The van der Waals surface area contributed by atoms with Crippen LogP contribution in [-0.2, 0) is 2.14 Å². The molecule has 0 aliphatic carbocycles. The summed E-state index contributed by atoms with van der Waals surface area (Å²) in [5.41, 5.74) is 2.44. The third kappa shape index (κ3) is 3.33. The van der Waals surface area contributed by atoms with Crippen LogP contribution < -0.4 is 0 Å². The van der Waals surface area contributed by atoms with E-state index in [0.29, 0.717) is 4.83 Å². The van der Waals surface area contributed by atoms with E-state index in [2.05, 4.69) is 82.8 Å². The second kappa shape index (κ2) is 4.77. The van der Waals surface area contributed by atoms with Crippen molar-refractivity contribution < 1.29 is 0 Å². The second-order valence-corrected chi connectivity index (χ2v) is 10.8. The molecule has 0 saturated carbocycles. The van der Waals surface area contributed by atoms with Crippen molar-refractivity contribution in [3.8, 4) is 0 Å². The molecule has 0 bridgehead atoms. The van der Waals surface area contributed by atoms with Gasteiger partial charge in [-0.15, -0.1) is 0 Å². The Bertz CT molecular complexity index is 288. The molecule has 1 aromatic carbocycles. The first-order chi connectivity index (χ1) is 5.93. The molecule has 0 saturated heterocycles. The maximum atomic E-state index is 3.56. The SMILES string of the molecule is CC(Br)c1ccccc1C(Br)(Br)Br. The van der Waals surface area contributed by atoms with E-state index in [1.54, 1.807) is 0 Å². The van der Waals surface area contributed by atoms with Crippen molar-refractivity contribution in [2.45, 2.75) is 13.9 Å². The summed E-state index contributed by atoms with van der Waals surface area (Å²) in [7, 11) is 0. The van der Waals surface area contributed by atoms with E-state index < -0.39 is 0 Å². The first kappa shape index (κ1) is 12.2. The minimum atomic E-state index is -0.328. The standard InChI is InChI=1S/C9H8Br4/c1-6(10)7-4-2-3-5-8(7)9(11,12)13/h2-6H,1H3. The van der Waals surface area contributed by atoms with E-state index in [0.717, 1.165) is 0 Å². The van der Waals surface area contributed by atoms with E-state index in [9.17, 15) is 0 Å². The highest BCUT2D eigenvalue weighted by Gasteiger charge is 2.24. The molecule has 1 unspecified atom stereocenters. The van der Waals surface area contributed by atoms with Gasteiger partial charge in [-0.2, -0.15) is 0 Å². The Morgan fingerprint density at radius 3 is 2.08 bits per heavy atom. The van der Waals surface area contributed by atoms with Gasteiger partial charge >= 0.3 is 0 Å². The lowest BCUT2D eigenvalue weighted by atomic mass is 10.1. The average Bonchev–Trinajstić information content (AvgIpc) is 2.03. The number of alkyl halides is 4. The van der Waals surface area contributed by atoms with E-state index in [4.69, 9.17) is 0 Å². The number of hydrogen-bond acceptors (Lipinski definition) is 0. The number of benzene rings is 1. The molecule has 1 atom stereocenters. The summed E-state index contributed by atoms with van der Waals surface area (Å²) in [6.07, 6.45) is 0. The molecule has 0 aromatic heterocycles. The van der Waals surface area contributed by atoms with Crippen molar-refractivity contribution in [2.75, 3.05) is 0 Å². The largest absolute Gasteiger partial charge is 0.160 e. The summed E-state index contributed by atoms with van der Waals surface area (Å²) in [6, 6.07) is 8.24. The summed E-state index contributed by atoms with van der Waals surface area (Å²) in [4.78, 5) is 0.343. The third-order valence-corrected chi connectivity index (χ3v) is 3.47. The lowest BCUT2D eigenvalue weighted by Gasteiger charge is -2.18. The van der Waals surface area contributed by atoms with E-state index >= 15 is 0 Å². The first-order valence-electron chi connectivity index (χ1n) is 3.73. The molecule has 0 N–H and O–H groups in total. The predicted octanol–water partition coefficient (Wildman–Crippen LogP) is 5.44. The van der Waals surface area contributed by atoms with Crippen molar-refractivity contribution >= 4 is 63.7 Å². The molecule has 72 valence electrons. The van der Waals surface area contributed by atoms with Gasteiger partial charge in [0.25, 0.3) is 0 Å². The molecular weight excluding hydrogens is 428 g/mol. The van der Waals surface area contributed by atoms with Crippen LogP contribution in [-0.4, -0.2) is 0 Å². The zero-order chi connectivity index (χ0) is 10.1. The quantitative estimate of drug-likeness (QED) is 0.515. The van der Waals surface area contributed by atoms with Crippen LogP contribution in [0, 0.1) is 0 Å². The summed E-state index contributed by atoms with van der Waals surface area (Å²) in [6.45, 7) is 2.11. The Labute approximate surface area is 112 Å². The van der Waals surface area contributed by atoms with Gasteiger partial charge in [0.2, 0.25) is 0 Å². The minimum Gasteiger partial charge on any atom is -0.0842 e. The summed E-state index contributed by atoms with van der Waals surface area (Å²) in [5.74, 6) is 0. The van der Waals surface area contributed by atoms with Crippen LogP contribution in [0.4, 0.5) is 0 Å². The monoisotopic (exact) mass is 432 g/mol. The lowest BCUT2D eigenvalue weighted by Crippen LogP contribution is -2.03. The molecular formula is C9H8Br4. The fourth-order valence-corrected chi connectivity index (χ4v) is 2.58. The maximum Gasteiger partial charge on any atom is 0.160 e. The van der Waals surface area contributed by atoms with E-state index in [-0.39, 0.29) is 2.14 Å². The molecule has 0 aliphatic heterocycles. The van der Waals surface area contributed by atoms with Gasteiger partial charge in [0.15, 0.2) is 2.14 Å². The number of rotatable bonds is 1. The average molecular weight is 436 g/mol. The molecule has 1 aromatic rings. The van der Waals surface area contributed by atoms with Gasteiger partial charge in [0, 0.05) is 4.83 Å². The zero-order valence-corrected chi connectivity index (χ0v) is 13.2.